The van der Waals surface area contributed by atoms with Gasteiger partial charge in [0, 0.05) is 38.4 Å². The lowest BCUT2D eigenvalue weighted by Crippen LogP contribution is -2.39. The number of aryl methyl sites for hydroxylation is 1. The van der Waals surface area contributed by atoms with Crippen LogP contribution in [0, 0.1) is 0 Å². The summed E-state index contributed by atoms with van der Waals surface area (Å²) in [5, 5.41) is 6.36. The molecular formula is C12H16N6O2. The predicted molar refractivity (Wildman–Crippen MR) is 72.9 cm³/mol. The summed E-state index contributed by atoms with van der Waals surface area (Å²) in [5.41, 5.74) is -0.408. The highest BCUT2D eigenvalue weighted by Crippen LogP contribution is 2.25. The van der Waals surface area contributed by atoms with Crippen molar-refractivity contribution < 1.29 is 0 Å². The number of nitrogens with zero attached hydrogens (tertiary/aromatic N) is 4. The highest BCUT2D eigenvalue weighted by Gasteiger charge is 2.26. The maximum Gasteiger partial charge on any atom is 0.340 e. The number of aromatic nitrogens is 5. The van der Waals surface area contributed by atoms with Crippen LogP contribution in [0.1, 0.15) is 24.6 Å². The molecule has 0 radical (unpaired) electrons. The molecule has 3 heterocycles. The van der Waals surface area contributed by atoms with E-state index in [-0.39, 0.29) is 17.2 Å². The number of rotatable bonds is 2. The van der Waals surface area contributed by atoms with Crippen molar-refractivity contribution in [1.82, 2.24) is 24.7 Å². The molecule has 2 N–H and O–H groups in total. The van der Waals surface area contributed by atoms with E-state index in [1.807, 2.05) is 4.90 Å². The van der Waals surface area contributed by atoms with Crippen LogP contribution in [0.2, 0.25) is 0 Å². The first-order valence-electron chi connectivity index (χ1n) is 6.56. The van der Waals surface area contributed by atoms with Crippen LogP contribution in [0.15, 0.2) is 22.0 Å². The number of hydrogen-bond donors (Lipinski definition) is 2. The van der Waals surface area contributed by atoms with Crippen LogP contribution in [0.5, 0.6) is 0 Å². The van der Waals surface area contributed by atoms with Crippen LogP contribution < -0.4 is 16.1 Å². The lowest BCUT2D eigenvalue weighted by atomic mass is 9.97. The SMILES string of the molecule is Cn1ccnc(N2CCCC(c3n[nH]c(=O)[nH]3)C2)c1=O. The van der Waals surface area contributed by atoms with Gasteiger partial charge in [0.05, 0.1) is 0 Å². The number of anilines is 1. The molecule has 1 fully saturated rings. The Bertz CT molecular complexity index is 715. The average Bonchev–Trinajstić information content (AvgIpc) is 2.89. The average molecular weight is 276 g/mol. The van der Waals surface area contributed by atoms with Gasteiger partial charge >= 0.3 is 5.69 Å². The van der Waals surface area contributed by atoms with Crippen molar-refractivity contribution >= 4 is 5.82 Å². The van der Waals surface area contributed by atoms with Crippen molar-refractivity contribution in [3.63, 3.8) is 0 Å². The lowest BCUT2D eigenvalue weighted by Gasteiger charge is -2.31. The van der Waals surface area contributed by atoms with E-state index in [4.69, 9.17) is 0 Å². The standard InChI is InChI=1S/C12H16N6O2/c1-17-6-4-13-10(11(17)19)18-5-2-3-8(7-18)9-14-12(20)16-15-9/h4,6,8H,2-3,5,7H2,1H3,(H2,14,15,16,20). The molecule has 8 heteroatoms. The van der Waals surface area contributed by atoms with Crippen LogP contribution in [0.3, 0.4) is 0 Å². The van der Waals surface area contributed by atoms with Gasteiger partial charge in [-0.05, 0) is 12.8 Å². The Balaban J connectivity index is 1.87. The molecule has 20 heavy (non-hydrogen) atoms. The van der Waals surface area contributed by atoms with E-state index in [1.165, 1.54) is 4.57 Å². The number of hydrogen-bond acceptors (Lipinski definition) is 5. The summed E-state index contributed by atoms with van der Waals surface area (Å²) >= 11 is 0. The van der Waals surface area contributed by atoms with E-state index in [9.17, 15) is 9.59 Å². The molecular weight excluding hydrogens is 260 g/mol. The fourth-order valence-corrected chi connectivity index (χ4v) is 2.57. The molecule has 0 amide bonds. The van der Waals surface area contributed by atoms with Crippen LogP contribution in [0.25, 0.3) is 0 Å². The van der Waals surface area contributed by atoms with Crippen molar-refractivity contribution in [2.24, 2.45) is 7.05 Å². The second-order valence-corrected chi connectivity index (χ2v) is 5.02. The van der Waals surface area contributed by atoms with Gasteiger partial charge in [-0.15, -0.1) is 0 Å². The monoisotopic (exact) mass is 276 g/mol. The van der Waals surface area contributed by atoms with E-state index in [2.05, 4.69) is 20.2 Å². The smallest absolute Gasteiger partial charge is 0.340 e. The molecule has 0 saturated carbocycles. The van der Waals surface area contributed by atoms with Crippen molar-refractivity contribution in [2.45, 2.75) is 18.8 Å². The highest BCUT2D eigenvalue weighted by molar-refractivity contribution is 5.37. The summed E-state index contributed by atoms with van der Waals surface area (Å²) in [7, 11) is 1.71. The second-order valence-electron chi connectivity index (χ2n) is 5.02. The quantitative estimate of drug-likeness (QED) is 0.775. The van der Waals surface area contributed by atoms with Crippen LogP contribution in [0.4, 0.5) is 5.82 Å². The number of H-pyrrole nitrogens is 2. The molecule has 8 nitrogen and oxygen atoms in total. The minimum atomic E-state index is -0.300. The fraction of sp³-hybridized carbons (Fsp3) is 0.500. The van der Waals surface area contributed by atoms with E-state index in [0.717, 1.165) is 19.4 Å². The molecule has 2 aromatic heterocycles. The summed E-state index contributed by atoms with van der Waals surface area (Å²) in [6, 6.07) is 0. The van der Waals surface area contributed by atoms with Gasteiger partial charge in [0.1, 0.15) is 5.82 Å². The molecule has 1 atom stereocenters. The third kappa shape index (κ3) is 2.24. The van der Waals surface area contributed by atoms with Gasteiger partial charge < -0.3 is 9.47 Å². The van der Waals surface area contributed by atoms with E-state index < -0.39 is 0 Å². The Morgan fingerprint density at radius 2 is 2.25 bits per heavy atom. The molecule has 1 saturated heterocycles. The maximum atomic E-state index is 12.1. The Labute approximate surface area is 114 Å². The summed E-state index contributed by atoms with van der Waals surface area (Å²) < 4.78 is 1.52. The van der Waals surface area contributed by atoms with Crippen molar-refractivity contribution in [2.75, 3.05) is 18.0 Å². The van der Waals surface area contributed by atoms with Gasteiger partial charge in [0.25, 0.3) is 5.56 Å². The van der Waals surface area contributed by atoms with E-state index >= 15 is 0 Å². The van der Waals surface area contributed by atoms with Gasteiger partial charge in [-0.1, -0.05) is 0 Å². The molecule has 1 aliphatic rings. The molecule has 3 rings (SSSR count). The van der Waals surface area contributed by atoms with Crippen molar-refractivity contribution in [3.05, 3.63) is 39.1 Å². The van der Waals surface area contributed by atoms with Crippen molar-refractivity contribution in [3.8, 4) is 0 Å². The third-order valence-corrected chi connectivity index (χ3v) is 3.63. The Kier molecular flexibility index (Phi) is 3.13. The number of piperidine rings is 1. The van der Waals surface area contributed by atoms with Gasteiger partial charge in [-0.2, -0.15) is 5.10 Å². The third-order valence-electron chi connectivity index (χ3n) is 3.63. The summed E-state index contributed by atoms with van der Waals surface area (Å²) in [5.74, 6) is 1.21. The normalized spacial score (nSPS) is 19.2. The fourth-order valence-electron chi connectivity index (χ4n) is 2.57. The largest absolute Gasteiger partial charge is 0.351 e. The highest BCUT2D eigenvalue weighted by atomic mass is 16.1. The summed E-state index contributed by atoms with van der Waals surface area (Å²) in [6.45, 7) is 1.42. The molecule has 2 aromatic rings. The van der Waals surface area contributed by atoms with E-state index in [0.29, 0.717) is 18.2 Å². The zero-order valence-corrected chi connectivity index (χ0v) is 11.2. The molecule has 0 aliphatic carbocycles. The van der Waals surface area contributed by atoms with Crippen molar-refractivity contribution in [1.29, 1.82) is 0 Å². The number of aromatic amines is 2. The first-order valence-corrected chi connectivity index (χ1v) is 6.56. The zero-order valence-electron chi connectivity index (χ0n) is 11.2. The van der Waals surface area contributed by atoms with Gasteiger partial charge in [0.15, 0.2) is 5.82 Å². The van der Waals surface area contributed by atoms with Gasteiger partial charge in [-0.25, -0.2) is 14.9 Å². The Morgan fingerprint density at radius 3 is 3.00 bits per heavy atom. The Morgan fingerprint density at radius 1 is 1.40 bits per heavy atom. The van der Waals surface area contributed by atoms with Gasteiger partial charge in [0.2, 0.25) is 0 Å². The molecule has 1 unspecified atom stereocenters. The molecule has 0 bridgehead atoms. The van der Waals surface area contributed by atoms with Crippen LogP contribution in [-0.2, 0) is 7.05 Å². The minimum absolute atomic E-state index is 0.106. The van der Waals surface area contributed by atoms with Gasteiger partial charge in [-0.3, -0.25) is 9.78 Å². The second kappa shape index (κ2) is 4.95. The lowest BCUT2D eigenvalue weighted by molar-refractivity contribution is 0.487. The molecule has 106 valence electrons. The summed E-state index contributed by atoms with van der Waals surface area (Å²) in [4.78, 5) is 32.1. The molecule has 0 aromatic carbocycles. The first kappa shape index (κ1) is 12.6. The van der Waals surface area contributed by atoms with E-state index in [1.54, 1.807) is 19.4 Å². The predicted octanol–water partition coefficient (Wildman–Crippen LogP) is -0.424. The molecule has 1 aliphatic heterocycles. The Hall–Kier alpha value is -2.38. The maximum absolute atomic E-state index is 12.1. The first-order chi connectivity index (χ1) is 9.65. The topological polar surface area (TPSA) is 99.7 Å². The zero-order chi connectivity index (χ0) is 14.1. The summed E-state index contributed by atoms with van der Waals surface area (Å²) in [6.07, 6.45) is 5.12. The number of nitrogens with one attached hydrogen (secondary N) is 2. The van der Waals surface area contributed by atoms with Crippen LogP contribution >= 0.6 is 0 Å². The molecule has 0 spiro atoms. The van der Waals surface area contributed by atoms with Crippen LogP contribution in [-0.4, -0.2) is 37.8 Å². The minimum Gasteiger partial charge on any atom is -0.351 e.